The van der Waals surface area contributed by atoms with Crippen molar-refractivity contribution in [3.8, 4) is 0 Å². The first-order chi connectivity index (χ1) is 8.58. The molecule has 0 fully saturated rings. The highest BCUT2D eigenvalue weighted by atomic mass is 35.5. The van der Waals surface area contributed by atoms with Crippen molar-refractivity contribution < 1.29 is 14.0 Å². The average Bonchev–Trinajstić information content (AvgIpc) is 2.94. The van der Waals surface area contributed by atoms with Gasteiger partial charge in [-0.15, -0.1) is 0 Å². The number of carbonyl (C=O) groups is 2. The minimum absolute atomic E-state index is 0.254. The zero-order valence-corrected chi connectivity index (χ0v) is 10.2. The van der Waals surface area contributed by atoms with Crippen molar-refractivity contribution in [1.29, 1.82) is 0 Å². The highest BCUT2D eigenvalue weighted by molar-refractivity contribution is 6.30. The Kier molecular flexibility index (Phi) is 3.38. The summed E-state index contributed by atoms with van der Waals surface area (Å²) in [6.07, 6.45) is 2.87. The number of hydrogen-bond acceptors (Lipinski definition) is 3. The van der Waals surface area contributed by atoms with Crippen LogP contribution < -0.4 is 10.9 Å². The smallest absolute Gasteiger partial charge is 0.286 e. The van der Waals surface area contributed by atoms with E-state index in [0.717, 1.165) is 0 Å². The molecule has 0 unspecified atom stereocenters. The Balaban J connectivity index is 1.94. The summed E-state index contributed by atoms with van der Waals surface area (Å²) >= 11 is 5.66. The van der Waals surface area contributed by atoms with E-state index in [1.165, 1.54) is 24.6 Å². The summed E-state index contributed by atoms with van der Waals surface area (Å²) in [5, 5.41) is 0.414. The number of hydrazine groups is 1. The number of aryl methyl sites for hydroxylation is 1. The second kappa shape index (κ2) is 4.97. The number of carbonyl (C=O) groups excluding carboxylic acids is 2. The Labute approximate surface area is 107 Å². The van der Waals surface area contributed by atoms with Crippen molar-refractivity contribution in [3.63, 3.8) is 0 Å². The van der Waals surface area contributed by atoms with Crippen molar-refractivity contribution in [1.82, 2.24) is 15.8 Å². The molecule has 2 heterocycles. The van der Waals surface area contributed by atoms with Gasteiger partial charge in [0, 0.05) is 6.20 Å². The lowest BCUT2D eigenvalue weighted by Crippen LogP contribution is -2.41. The highest BCUT2D eigenvalue weighted by Gasteiger charge is 2.13. The van der Waals surface area contributed by atoms with Crippen molar-refractivity contribution in [2.45, 2.75) is 6.92 Å². The first-order valence-electron chi connectivity index (χ1n) is 5.06. The molecule has 0 radical (unpaired) electrons. The van der Waals surface area contributed by atoms with Crippen LogP contribution in [0.2, 0.25) is 5.02 Å². The van der Waals surface area contributed by atoms with Gasteiger partial charge in [0.15, 0.2) is 0 Å². The number of rotatable bonds is 2. The number of aromatic nitrogens is 1. The van der Waals surface area contributed by atoms with Gasteiger partial charge in [-0.25, -0.2) is 0 Å². The van der Waals surface area contributed by atoms with Crippen LogP contribution in [0.25, 0.3) is 0 Å². The molecular formula is C11H10ClN3O3. The van der Waals surface area contributed by atoms with Crippen LogP contribution in [0.4, 0.5) is 0 Å². The lowest BCUT2D eigenvalue weighted by Gasteiger charge is -2.05. The summed E-state index contributed by atoms with van der Waals surface area (Å²) in [5.74, 6) is -0.465. The molecule has 0 atom stereocenters. The maximum Gasteiger partial charge on any atom is 0.286 e. The second-order valence-corrected chi connectivity index (χ2v) is 3.97. The van der Waals surface area contributed by atoms with Crippen LogP contribution >= 0.6 is 11.6 Å². The van der Waals surface area contributed by atoms with Crippen molar-refractivity contribution >= 4 is 23.4 Å². The van der Waals surface area contributed by atoms with Crippen molar-refractivity contribution in [2.75, 3.05) is 0 Å². The van der Waals surface area contributed by atoms with Crippen molar-refractivity contribution in [3.05, 3.63) is 46.6 Å². The molecule has 0 spiro atoms. The number of nitrogens with one attached hydrogen (secondary N) is 3. The number of H-pyrrole nitrogens is 1. The third-order valence-corrected chi connectivity index (χ3v) is 2.50. The fourth-order valence-electron chi connectivity index (χ4n) is 1.37. The Bertz CT molecular complexity index is 588. The number of hydrogen-bond donors (Lipinski definition) is 3. The predicted molar refractivity (Wildman–Crippen MR) is 64.2 cm³/mol. The van der Waals surface area contributed by atoms with Crippen LogP contribution in [-0.4, -0.2) is 16.8 Å². The van der Waals surface area contributed by atoms with E-state index in [1.807, 2.05) is 0 Å². The normalized spacial score (nSPS) is 10.1. The third kappa shape index (κ3) is 2.54. The molecule has 0 saturated heterocycles. The number of halogens is 1. The Hall–Kier alpha value is -2.21. The van der Waals surface area contributed by atoms with Crippen molar-refractivity contribution in [2.24, 2.45) is 0 Å². The molecule has 0 aromatic carbocycles. The van der Waals surface area contributed by atoms with Gasteiger partial charge in [-0.05, 0) is 19.1 Å². The van der Waals surface area contributed by atoms with Gasteiger partial charge in [-0.2, -0.15) is 0 Å². The van der Waals surface area contributed by atoms with E-state index in [1.54, 1.807) is 6.92 Å². The summed E-state index contributed by atoms with van der Waals surface area (Å²) in [6, 6.07) is 2.97. The van der Waals surface area contributed by atoms with E-state index in [2.05, 4.69) is 15.8 Å². The number of amides is 2. The first-order valence-corrected chi connectivity index (χ1v) is 5.44. The topological polar surface area (TPSA) is 87.1 Å². The fraction of sp³-hybridized carbons (Fsp3) is 0.0909. The SMILES string of the molecule is Cc1occc1C(=O)NNC(=O)c1cc(Cl)c[nH]1. The third-order valence-electron chi connectivity index (χ3n) is 2.29. The van der Waals surface area contributed by atoms with Gasteiger partial charge in [0.1, 0.15) is 11.5 Å². The quantitative estimate of drug-likeness (QED) is 0.723. The summed E-state index contributed by atoms with van der Waals surface area (Å²) < 4.78 is 4.98. The maximum atomic E-state index is 11.6. The molecule has 0 bridgehead atoms. The summed E-state index contributed by atoms with van der Waals surface area (Å²) in [4.78, 5) is 25.9. The van der Waals surface area contributed by atoms with Crippen LogP contribution in [0.5, 0.6) is 0 Å². The van der Waals surface area contributed by atoms with Crippen LogP contribution in [0.3, 0.4) is 0 Å². The molecule has 2 amide bonds. The van der Waals surface area contributed by atoms with Gasteiger partial charge >= 0.3 is 0 Å². The van der Waals surface area contributed by atoms with Gasteiger partial charge < -0.3 is 9.40 Å². The molecule has 2 aromatic rings. The summed E-state index contributed by atoms with van der Waals surface area (Å²) in [6.45, 7) is 1.65. The molecule has 94 valence electrons. The average molecular weight is 268 g/mol. The van der Waals surface area contributed by atoms with Crippen LogP contribution in [-0.2, 0) is 0 Å². The molecule has 0 saturated carbocycles. The van der Waals surface area contributed by atoms with E-state index in [0.29, 0.717) is 16.3 Å². The van der Waals surface area contributed by atoms with Gasteiger partial charge in [0.05, 0.1) is 16.8 Å². The van der Waals surface area contributed by atoms with Gasteiger partial charge in [0.25, 0.3) is 11.8 Å². The molecule has 7 heteroatoms. The first kappa shape index (κ1) is 12.3. The molecule has 18 heavy (non-hydrogen) atoms. The Morgan fingerprint density at radius 1 is 1.33 bits per heavy atom. The molecular weight excluding hydrogens is 258 g/mol. The molecule has 6 nitrogen and oxygen atoms in total. The van der Waals surface area contributed by atoms with Gasteiger partial charge in [-0.3, -0.25) is 20.4 Å². The molecule has 0 aliphatic carbocycles. The van der Waals surface area contributed by atoms with Crippen LogP contribution in [0.1, 0.15) is 26.6 Å². The van der Waals surface area contributed by atoms with E-state index in [-0.39, 0.29) is 5.69 Å². The minimum Gasteiger partial charge on any atom is -0.469 e. The lowest BCUT2D eigenvalue weighted by molar-refractivity contribution is 0.0843. The number of furan rings is 1. The van der Waals surface area contributed by atoms with Gasteiger partial charge in [-0.1, -0.05) is 11.6 Å². The van der Waals surface area contributed by atoms with E-state index in [4.69, 9.17) is 16.0 Å². The fourth-order valence-corrected chi connectivity index (χ4v) is 1.53. The second-order valence-electron chi connectivity index (χ2n) is 3.53. The molecule has 2 rings (SSSR count). The van der Waals surface area contributed by atoms with E-state index >= 15 is 0 Å². The standard InChI is InChI=1S/C11H10ClN3O3/c1-6-8(2-3-18-6)10(16)14-15-11(17)9-4-7(12)5-13-9/h2-5,13H,1H3,(H,14,16)(H,15,17). The zero-order valence-electron chi connectivity index (χ0n) is 9.41. The Morgan fingerprint density at radius 2 is 2.06 bits per heavy atom. The Morgan fingerprint density at radius 3 is 2.61 bits per heavy atom. The highest BCUT2D eigenvalue weighted by Crippen LogP contribution is 2.09. The van der Waals surface area contributed by atoms with Gasteiger partial charge in [0.2, 0.25) is 0 Å². The predicted octanol–water partition coefficient (Wildman–Crippen LogP) is 1.64. The van der Waals surface area contributed by atoms with E-state index in [9.17, 15) is 9.59 Å². The maximum absolute atomic E-state index is 11.6. The molecule has 3 N–H and O–H groups in total. The molecule has 2 aromatic heterocycles. The summed E-state index contributed by atoms with van der Waals surface area (Å²) in [7, 11) is 0. The van der Waals surface area contributed by atoms with E-state index < -0.39 is 11.8 Å². The number of aromatic amines is 1. The van der Waals surface area contributed by atoms with Crippen LogP contribution in [0, 0.1) is 6.92 Å². The lowest BCUT2D eigenvalue weighted by atomic mass is 10.2. The molecule has 0 aliphatic heterocycles. The minimum atomic E-state index is -0.489. The van der Waals surface area contributed by atoms with Crippen LogP contribution in [0.15, 0.2) is 29.0 Å². The monoisotopic (exact) mass is 267 g/mol. The zero-order chi connectivity index (χ0) is 13.1. The largest absolute Gasteiger partial charge is 0.469 e. The molecule has 0 aliphatic rings. The summed E-state index contributed by atoms with van der Waals surface area (Å²) in [5.41, 5.74) is 5.14.